The molecule has 1 heterocycles. The lowest BCUT2D eigenvalue weighted by Gasteiger charge is -2.06. The van der Waals surface area contributed by atoms with Gasteiger partial charge in [-0.1, -0.05) is 18.7 Å². The van der Waals surface area contributed by atoms with Gasteiger partial charge < -0.3 is 9.47 Å². The van der Waals surface area contributed by atoms with Gasteiger partial charge in [0, 0.05) is 13.6 Å². The van der Waals surface area contributed by atoms with Crippen molar-refractivity contribution in [1.82, 2.24) is 0 Å². The minimum atomic E-state index is -0.470. The number of rotatable bonds is 5. The number of hydrogen-bond acceptors (Lipinski definition) is 4. The summed E-state index contributed by atoms with van der Waals surface area (Å²) in [5, 5.41) is 0. The number of carbonyl (C=O) groups is 1. The third-order valence-electron chi connectivity index (χ3n) is 3.43. The van der Waals surface area contributed by atoms with E-state index in [-0.39, 0.29) is 5.70 Å². The maximum absolute atomic E-state index is 12.2. The molecule has 0 saturated carbocycles. The highest BCUT2D eigenvalue weighted by molar-refractivity contribution is 14.1. The van der Waals surface area contributed by atoms with Crippen LogP contribution in [-0.2, 0) is 9.53 Å². The minimum Gasteiger partial charge on any atom is -0.489 e. The Morgan fingerprint density at radius 3 is 2.88 bits per heavy atom. The van der Waals surface area contributed by atoms with Crippen LogP contribution < -0.4 is 4.74 Å². The Kier molecular flexibility index (Phi) is 5.93. The van der Waals surface area contributed by atoms with Crippen LogP contribution in [0.5, 0.6) is 5.75 Å². The lowest BCUT2D eigenvalue weighted by Crippen LogP contribution is -2.05. The third kappa shape index (κ3) is 4.62. The molecule has 1 aliphatic rings. The Labute approximate surface area is 173 Å². The molecule has 0 bridgehead atoms. The van der Waals surface area contributed by atoms with Crippen LogP contribution in [0.3, 0.4) is 0 Å². The smallest absolute Gasteiger partial charge is 0.363 e. The summed E-state index contributed by atoms with van der Waals surface area (Å²) in [6, 6.07) is 13.1. The molecule has 6 heteroatoms. The average Bonchev–Trinajstić information content (AvgIpc) is 2.96. The van der Waals surface area contributed by atoms with Crippen molar-refractivity contribution >= 4 is 56.5 Å². The summed E-state index contributed by atoms with van der Waals surface area (Å²) in [5.41, 5.74) is 2.75. The topological polar surface area (TPSA) is 47.9 Å². The van der Waals surface area contributed by atoms with Crippen LogP contribution in [0, 0.1) is 3.57 Å². The average molecular weight is 524 g/mol. The summed E-state index contributed by atoms with van der Waals surface area (Å²) in [4.78, 5) is 16.5. The third-order valence-corrected chi connectivity index (χ3v) is 5.77. The van der Waals surface area contributed by atoms with Crippen LogP contribution in [0.15, 0.2) is 69.8 Å². The van der Waals surface area contributed by atoms with Crippen molar-refractivity contribution < 1.29 is 14.3 Å². The van der Waals surface area contributed by atoms with Crippen molar-refractivity contribution in [2.45, 2.75) is 6.92 Å². The van der Waals surface area contributed by atoms with Gasteiger partial charge in [0.2, 0.25) is 5.90 Å². The van der Waals surface area contributed by atoms with Crippen molar-refractivity contribution in [3.05, 3.63) is 79.5 Å². The first-order valence-corrected chi connectivity index (χ1v) is 9.65. The number of esters is 1. The van der Waals surface area contributed by atoms with Crippen LogP contribution in [-0.4, -0.2) is 18.5 Å². The molecule has 3 rings (SSSR count). The number of hydrogen-bond donors (Lipinski definition) is 0. The molecule has 0 saturated heterocycles. The fourth-order valence-corrected chi connectivity index (χ4v) is 2.93. The van der Waals surface area contributed by atoms with Crippen molar-refractivity contribution in [3.8, 4) is 5.75 Å². The van der Waals surface area contributed by atoms with Crippen LogP contribution in [0.2, 0.25) is 0 Å². The first kappa shape index (κ1) is 18.8. The van der Waals surface area contributed by atoms with E-state index in [1.807, 2.05) is 49.4 Å². The van der Waals surface area contributed by atoms with Gasteiger partial charge in [-0.2, -0.15) is 0 Å². The number of ether oxygens (including phenoxy) is 2. The predicted octanol–water partition coefficient (Wildman–Crippen LogP) is 5.35. The number of nitrogens with zero attached hydrogens (tertiary/aromatic N) is 1. The van der Waals surface area contributed by atoms with Crippen LogP contribution in [0.25, 0.3) is 6.08 Å². The second-order valence-corrected chi connectivity index (χ2v) is 7.80. The highest BCUT2D eigenvalue weighted by atomic mass is 127. The summed E-state index contributed by atoms with van der Waals surface area (Å²) in [6.45, 7) is 6.17. The van der Waals surface area contributed by atoms with Gasteiger partial charge in [-0.3, -0.25) is 0 Å². The van der Waals surface area contributed by atoms with E-state index in [0.717, 1.165) is 24.7 Å². The standard InChI is InChI=1S/C20H15BrINO3/c1-12(2)11-25-15-5-3-4-13(8-15)9-18-20(24)26-19(23-18)14-6-7-17(22)16(21)10-14/h3-10H,1,11H2,2H3/b18-9-. The Bertz CT molecular complexity index is 950. The fraction of sp³-hybridized carbons (Fsp3) is 0.100. The summed E-state index contributed by atoms with van der Waals surface area (Å²) in [6.07, 6.45) is 1.69. The molecule has 0 spiro atoms. The van der Waals surface area contributed by atoms with E-state index >= 15 is 0 Å². The molecule has 0 aromatic heterocycles. The number of halogens is 2. The van der Waals surface area contributed by atoms with E-state index in [2.05, 4.69) is 50.1 Å². The molecule has 26 heavy (non-hydrogen) atoms. The van der Waals surface area contributed by atoms with E-state index in [0.29, 0.717) is 18.3 Å². The first-order chi connectivity index (χ1) is 12.4. The van der Waals surface area contributed by atoms with Crippen LogP contribution in [0.4, 0.5) is 0 Å². The van der Waals surface area contributed by atoms with E-state index in [1.54, 1.807) is 6.08 Å². The Morgan fingerprint density at radius 2 is 2.15 bits per heavy atom. The van der Waals surface area contributed by atoms with E-state index < -0.39 is 5.97 Å². The van der Waals surface area contributed by atoms with E-state index in [1.165, 1.54) is 0 Å². The number of benzene rings is 2. The zero-order valence-corrected chi connectivity index (χ0v) is 17.7. The first-order valence-electron chi connectivity index (χ1n) is 7.77. The molecule has 132 valence electrons. The molecule has 0 aliphatic carbocycles. The van der Waals surface area contributed by atoms with Crippen LogP contribution >= 0.6 is 38.5 Å². The summed E-state index contributed by atoms with van der Waals surface area (Å²) >= 11 is 5.69. The molecule has 0 radical (unpaired) electrons. The largest absolute Gasteiger partial charge is 0.489 e. The highest BCUT2D eigenvalue weighted by Gasteiger charge is 2.24. The van der Waals surface area contributed by atoms with Gasteiger partial charge >= 0.3 is 5.97 Å². The van der Waals surface area contributed by atoms with Crippen molar-refractivity contribution in [2.75, 3.05) is 6.61 Å². The molecule has 1 aliphatic heterocycles. The molecule has 0 fully saturated rings. The van der Waals surface area contributed by atoms with Gasteiger partial charge in [-0.05, 0) is 93.0 Å². The summed E-state index contributed by atoms with van der Waals surface area (Å²) in [7, 11) is 0. The molecule has 0 amide bonds. The van der Waals surface area contributed by atoms with Gasteiger partial charge in [-0.15, -0.1) is 0 Å². The van der Waals surface area contributed by atoms with Gasteiger partial charge in [0.05, 0.1) is 0 Å². The second-order valence-electron chi connectivity index (χ2n) is 5.78. The lowest BCUT2D eigenvalue weighted by atomic mass is 10.2. The molecule has 0 unspecified atom stereocenters. The quantitative estimate of drug-likeness (QED) is 0.229. The highest BCUT2D eigenvalue weighted by Crippen LogP contribution is 2.25. The molecule has 0 atom stereocenters. The monoisotopic (exact) mass is 523 g/mol. The Balaban J connectivity index is 1.85. The van der Waals surface area contributed by atoms with Gasteiger partial charge in [0.15, 0.2) is 5.70 Å². The zero-order valence-electron chi connectivity index (χ0n) is 14.0. The SMILES string of the molecule is C=C(C)COc1cccc(/C=C2\N=C(c3ccc(I)c(Br)c3)OC2=O)c1. The van der Waals surface area contributed by atoms with Gasteiger partial charge in [0.1, 0.15) is 12.4 Å². The Hall–Kier alpha value is -1.93. The number of carbonyl (C=O) groups excluding carboxylic acids is 1. The molecule has 0 N–H and O–H groups in total. The van der Waals surface area contributed by atoms with Gasteiger partial charge in [-0.25, -0.2) is 9.79 Å². The zero-order chi connectivity index (χ0) is 18.7. The molecule has 2 aromatic rings. The second kappa shape index (κ2) is 8.18. The van der Waals surface area contributed by atoms with Crippen molar-refractivity contribution in [1.29, 1.82) is 0 Å². The minimum absolute atomic E-state index is 0.256. The molecular formula is C20H15BrINO3. The molecular weight excluding hydrogens is 509 g/mol. The maximum atomic E-state index is 12.2. The van der Waals surface area contributed by atoms with E-state index in [9.17, 15) is 4.79 Å². The predicted molar refractivity (Wildman–Crippen MR) is 114 cm³/mol. The van der Waals surface area contributed by atoms with Crippen LogP contribution in [0.1, 0.15) is 18.1 Å². The summed E-state index contributed by atoms with van der Waals surface area (Å²) in [5.74, 6) is 0.537. The number of cyclic esters (lactones) is 1. The van der Waals surface area contributed by atoms with Gasteiger partial charge in [0.25, 0.3) is 0 Å². The lowest BCUT2D eigenvalue weighted by molar-refractivity contribution is -0.129. The van der Waals surface area contributed by atoms with E-state index in [4.69, 9.17) is 9.47 Å². The van der Waals surface area contributed by atoms with Crippen molar-refractivity contribution in [2.24, 2.45) is 4.99 Å². The van der Waals surface area contributed by atoms with Crippen molar-refractivity contribution in [3.63, 3.8) is 0 Å². The number of aliphatic imine (C=N–C) groups is 1. The Morgan fingerprint density at radius 1 is 1.35 bits per heavy atom. The fourth-order valence-electron chi connectivity index (χ4n) is 2.22. The maximum Gasteiger partial charge on any atom is 0.363 e. The summed E-state index contributed by atoms with van der Waals surface area (Å²) < 4.78 is 12.9. The normalized spacial score (nSPS) is 15.0. The molecule has 4 nitrogen and oxygen atoms in total. The molecule has 2 aromatic carbocycles.